The van der Waals surface area contributed by atoms with Crippen LogP contribution >= 0.6 is 0 Å². The quantitative estimate of drug-likeness (QED) is 0.804. The zero-order valence-corrected chi connectivity index (χ0v) is 13.6. The lowest BCUT2D eigenvalue weighted by Crippen LogP contribution is -2.30. The van der Waals surface area contributed by atoms with Gasteiger partial charge in [-0.1, -0.05) is 13.8 Å². The van der Waals surface area contributed by atoms with Crippen LogP contribution in [0.15, 0.2) is 0 Å². The van der Waals surface area contributed by atoms with E-state index in [1.807, 2.05) is 20.8 Å². The lowest BCUT2D eigenvalue weighted by Gasteiger charge is -2.32. The summed E-state index contributed by atoms with van der Waals surface area (Å²) in [7, 11) is 0. The van der Waals surface area contributed by atoms with Gasteiger partial charge in [-0.3, -0.25) is 4.79 Å². The molecule has 3 heteroatoms. The highest BCUT2D eigenvalue weighted by atomic mass is 16.6. The number of aliphatic hydroxyl groups is 1. The largest absolute Gasteiger partial charge is 0.460 e. The number of carbonyl (C=O) groups is 1. The second kappa shape index (κ2) is 5.67. The zero-order valence-electron chi connectivity index (χ0n) is 13.6. The number of ether oxygens (including phenoxy) is 1. The van der Waals surface area contributed by atoms with E-state index < -0.39 is 11.7 Å². The molecule has 0 aliphatic heterocycles. The molecule has 116 valence electrons. The van der Waals surface area contributed by atoms with Gasteiger partial charge in [0.2, 0.25) is 0 Å². The molecule has 3 nitrogen and oxygen atoms in total. The second-order valence-electron chi connectivity index (χ2n) is 8.05. The Kier molecular flexibility index (Phi) is 4.48. The van der Waals surface area contributed by atoms with Crippen LogP contribution in [0.4, 0.5) is 0 Å². The standard InChI is InChI=1S/C17H30O3/c1-10-11(2)15-8-12(10)6-13(15)7-14(18)9-16(19)20-17(3,4)5/h10-15,18H,6-9H2,1-5H3. The summed E-state index contributed by atoms with van der Waals surface area (Å²) in [5.41, 5.74) is -0.465. The molecule has 2 saturated carbocycles. The molecule has 0 aromatic heterocycles. The van der Waals surface area contributed by atoms with Gasteiger partial charge in [0, 0.05) is 0 Å². The van der Waals surface area contributed by atoms with E-state index in [1.54, 1.807) is 0 Å². The van der Waals surface area contributed by atoms with Crippen molar-refractivity contribution in [2.24, 2.45) is 29.6 Å². The fraction of sp³-hybridized carbons (Fsp3) is 0.941. The summed E-state index contributed by atoms with van der Waals surface area (Å²) in [6.07, 6.45) is 2.91. The Balaban J connectivity index is 1.79. The number of hydrogen-bond acceptors (Lipinski definition) is 3. The summed E-state index contributed by atoms with van der Waals surface area (Å²) >= 11 is 0. The third-order valence-electron chi connectivity index (χ3n) is 5.43. The van der Waals surface area contributed by atoms with Gasteiger partial charge in [-0.25, -0.2) is 0 Å². The summed E-state index contributed by atoms with van der Waals surface area (Å²) < 4.78 is 5.27. The highest BCUT2D eigenvalue weighted by Crippen LogP contribution is 2.56. The van der Waals surface area contributed by atoms with E-state index in [0.717, 1.165) is 30.1 Å². The van der Waals surface area contributed by atoms with Crippen LogP contribution in [-0.4, -0.2) is 22.8 Å². The van der Waals surface area contributed by atoms with Crippen LogP contribution in [0, 0.1) is 29.6 Å². The SMILES string of the molecule is CC1C2CC(CC(O)CC(=O)OC(C)(C)C)C(C2)C1C. The van der Waals surface area contributed by atoms with Crippen molar-refractivity contribution in [3.05, 3.63) is 0 Å². The van der Waals surface area contributed by atoms with Crippen LogP contribution in [0.1, 0.15) is 60.3 Å². The van der Waals surface area contributed by atoms with Gasteiger partial charge in [-0.2, -0.15) is 0 Å². The van der Waals surface area contributed by atoms with E-state index in [9.17, 15) is 9.90 Å². The highest BCUT2D eigenvalue weighted by molar-refractivity contribution is 5.70. The van der Waals surface area contributed by atoms with Crippen molar-refractivity contribution in [2.75, 3.05) is 0 Å². The van der Waals surface area contributed by atoms with Gasteiger partial charge in [-0.05, 0) is 69.6 Å². The Morgan fingerprint density at radius 2 is 1.90 bits per heavy atom. The maximum Gasteiger partial charge on any atom is 0.308 e. The van der Waals surface area contributed by atoms with Gasteiger partial charge >= 0.3 is 5.97 Å². The molecule has 1 N–H and O–H groups in total. The van der Waals surface area contributed by atoms with Crippen LogP contribution in [0.2, 0.25) is 0 Å². The van der Waals surface area contributed by atoms with Gasteiger partial charge in [0.05, 0.1) is 12.5 Å². The van der Waals surface area contributed by atoms with Crippen LogP contribution in [0.25, 0.3) is 0 Å². The van der Waals surface area contributed by atoms with E-state index in [1.165, 1.54) is 12.8 Å². The summed E-state index contributed by atoms with van der Waals surface area (Å²) in [6, 6.07) is 0. The number of rotatable bonds is 4. The van der Waals surface area contributed by atoms with Crippen molar-refractivity contribution in [1.29, 1.82) is 0 Å². The first kappa shape index (κ1) is 15.8. The van der Waals surface area contributed by atoms with Crippen LogP contribution in [0.5, 0.6) is 0 Å². The minimum absolute atomic E-state index is 0.134. The van der Waals surface area contributed by atoms with Crippen molar-refractivity contribution >= 4 is 5.97 Å². The predicted molar refractivity (Wildman–Crippen MR) is 79.1 cm³/mol. The van der Waals surface area contributed by atoms with Crippen molar-refractivity contribution in [3.63, 3.8) is 0 Å². The zero-order chi connectivity index (χ0) is 15.1. The van der Waals surface area contributed by atoms with Crippen LogP contribution in [-0.2, 0) is 9.53 Å². The summed E-state index contributed by atoms with van der Waals surface area (Å²) in [4.78, 5) is 11.7. The first-order valence-electron chi connectivity index (χ1n) is 8.07. The van der Waals surface area contributed by atoms with Crippen LogP contribution < -0.4 is 0 Å². The van der Waals surface area contributed by atoms with Gasteiger partial charge in [0.1, 0.15) is 5.60 Å². The Morgan fingerprint density at radius 3 is 2.40 bits per heavy atom. The normalized spacial score (nSPS) is 38.0. The minimum Gasteiger partial charge on any atom is -0.460 e. The lowest BCUT2D eigenvalue weighted by atomic mass is 9.74. The Labute approximate surface area is 123 Å². The Hall–Kier alpha value is -0.570. The molecular formula is C17H30O3. The van der Waals surface area contributed by atoms with Crippen molar-refractivity contribution in [2.45, 2.75) is 72.0 Å². The molecular weight excluding hydrogens is 252 g/mol. The lowest BCUT2D eigenvalue weighted by molar-refractivity contribution is -0.157. The molecule has 2 aliphatic carbocycles. The van der Waals surface area contributed by atoms with Crippen LogP contribution in [0.3, 0.4) is 0 Å². The van der Waals surface area contributed by atoms with E-state index in [2.05, 4.69) is 13.8 Å². The maximum absolute atomic E-state index is 11.7. The maximum atomic E-state index is 11.7. The number of hydrogen-bond donors (Lipinski definition) is 1. The molecule has 0 heterocycles. The van der Waals surface area contributed by atoms with Crippen molar-refractivity contribution < 1.29 is 14.6 Å². The fourth-order valence-corrected chi connectivity index (χ4v) is 4.37. The molecule has 0 amide bonds. The Bertz CT molecular complexity index is 356. The summed E-state index contributed by atoms with van der Waals surface area (Å²) in [5.74, 6) is 3.52. The first-order valence-corrected chi connectivity index (χ1v) is 8.07. The number of carbonyl (C=O) groups excluding carboxylic acids is 1. The molecule has 0 radical (unpaired) electrons. The predicted octanol–water partition coefficient (Wildman–Crippen LogP) is 3.40. The van der Waals surface area contributed by atoms with E-state index in [-0.39, 0.29) is 12.4 Å². The second-order valence-corrected chi connectivity index (χ2v) is 8.05. The average Bonchev–Trinajstić information content (AvgIpc) is 2.77. The highest BCUT2D eigenvalue weighted by Gasteiger charge is 2.48. The van der Waals surface area contributed by atoms with E-state index in [0.29, 0.717) is 5.92 Å². The molecule has 0 spiro atoms. The molecule has 2 aliphatic rings. The van der Waals surface area contributed by atoms with Crippen molar-refractivity contribution in [3.8, 4) is 0 Å². The molecule has 0 saturated heterocycles. The number of esters is 1. The summed E-state index contributed by atoms with van der Waals surface area (Å²) in [6.45, 7) is 10.3. The van der Waals surface area contributed by atoms with Gasteiger partial charge < -0.3 is 9.84 Å². The fourth-order valence-electron chi connectivity index (χ4n) is 4.37. The van der Waals surface area contributed by atoms with Gasteiger partial charge in [0.15, 0.2) is 0 Å². The molecule has 0 aromatic rings. The molecule has 20 heavy (non-hydrogen) atoms. The topological polar surface area (TPSA) is 46.5 Å². The molecule has 6 atom stereocenters. The third-order valence-corrected chi connectivity index (χ3v) is 5.43. The molecule has 2 bridgehead atoms. The van der Waals surface area contributed by atoms with E-state index in [4.69, 9.17) is 4.74 Å². The molecule has 2 fully saturated rings. The molecule has 2 rings (SSSR count). The third kappa shape index (κ3) is 3.55. The minimum atomic E-state index is -0.545. The van der Waals surface area contributed by atoms with Gasteiger partial charge in [0.25, 0.3) is 0 Å². The molecule has 6 unspecified atom stereocenters. The smallest absolute Gasteiger partial charge is 0.308 e. The summed E-state index contributed by atoms with van der Waals surface area (Å²) in [5, 5.41) is 10.2. The first-order chi connectivity index (χ1) is 9.17. The number of fused-ring (bicyclic) bond motifs is 2. The van der Waals surface area contributed by atoms with E-state index >= 15 is 0 Å². The Morgan fingerprint density at radius 1 is 1.25 bits per heavy atom. The average molecular weight is 282 g/mol. The van der Waals surface area contributed by atoms with Crippen molar-refractivity contribution in [1.82, 2.24) is 0 Å². The molecule has 0 aromatic carbocycles. The van der Waals surface area contributed by atoms with Gasteiger partial charge in [-0.15, -0.1) is 0 Å². The monoisotopic (exact) mass is 282 g/mol. The number of aliphatic hydroxyl groups excluding tert-OH is 1.